The zero-order valence-electron chi connectivity index (χ0n) is 25.2. The van der Waals surface area contributed by atoms with Crippen molar-refractivity contribution in [3.63, 3.8) is 0 Å². The van der Waals surface area contributed by atoms with E-state index in [0.717, 1.165) is 12.8 Å². The van der Waals surface area contributed by atoms with E-state index in [4.69, 9.17) is 9.47 Å². The molecule has 43 heavy (non-hydrogen) atoms. The second kappa shape index (κ2) is 13.0. The van der Waals surface area contributed by atoms with Crippen LogP contribution in [0, 0.1) is 11.8 Å². The molecule has 10 nitrogen and oxygen atoms in total. The monoisotopic (exact) mass is 593 g/mol. The summed E-state index contributed by atoms with van der Waals surface area (Å²) < 4.78 is 12.9. The van der Waals surface area contributed by atoms with Gasteiger partial charge in [0.15, 0.2) is 0 Å². The number of esters is 1. The Kier molecular flexibility index (Phi) is 9.36. The fourth-order valence-electron chi connectivity index (χ4n) is 7.17. The predicted octanol–water partition coefficient (Wildman–Crippen LogP) is 2.68. The summed E-state index contributed by atoms with van der Waals surface area (Å²) in [6.45, 7) is 6.25. The van der Waals surface area contributed by atoms with Crippen molar-refractivity contribution in [2.45, 2.75) is 88.8 Å². The first kappa shape index (κ1) is 30.9. The lowest BCUT2D eigenvalue weighted by Gasteiger charge is -2.37. The molecule has 4 aliphatic rings. The molecule has 0 aliphatic carbocycles. The zero-order valence-corrected chi connectivity index (χ0v) is 25.2. The highest BCUT2D eigenvalue weighted by Crippen LogP contribution is 2.53. The minimum Gasteiger partial charge on any atom is -0.455 e. The van der Waals surface area contributed by atoms with E-state index in [9.17, 15) is 24.3 Å². The number of carbonyl (C=O) groups is 4. The summed E-state index contributed by atoms with van der Waals surface area (Å²) >= 11 is 0. The first-order valence-corrected chi connectivity index (χ1v) is 15.5. The molecule has 0 saturated carbocycles. The third kappa shape index (κ3) is 5.74. The molecule has 0 radical (unpaired) electrons. The van der Waals surface area contributed by atoms with Crippen molar-refractivity contribution in [3.05, 3.63) is 60.2 Å². The number of aliphatic hydroxyl groups excluding tert-OH is 1. The smallest absolute Gasteiger partial charge is 0.313 e. The second-order valence-electron chi connectivity index (χ2n) is 12.1. The average molecular weight is 594 g/mol. The van der Waals surface area contributed by atoms with E-state index in [1.54, 1.807) is 24.0 Å². The number of hydrogen-bond donors (Lipinski definition) is 2. The fraction of sp³-hybridized carbons (Fsp3) is 0.576. The molecule has 4 heterocycles. The Labute approximate surface area is 253 Å². The largest absolute Gasteiger partial charge is 0.455 e. The van der Waals surface area contributed by atoms with Crippen molar-refractivity contribution in [1.82, 2.24) is 15.1 Å². The van der Waals surface area contributed by atoms with Gasteiger partial charge in [0.1, 0.15) is 23.7 Å². The molecule has 232 valence electrons. The first-order valence-electron chi connectivity index (χ1n) is 15.5. The molecular formula is C33H43N3O7. The highest BCUT2D eigenvalue weighted by molar-refractivity contribution is 5.99. The molecule has 5 rings (SSSR count). The number of hydrogen-bond acceptors (Lipinski definition) is 7. The number of benzene rings is 1. The van der Waals surface area contributed by atoms with Gasteiger partial charge in [-0.15, -0.1) is 0 Å². The van der Waals surface area contributed by atoms with Crippen LogP contribution in [0.5, 0.6) is 0 Å². The van der Waals surface area contributed by atoms with Gasteiger partial charge in [-0.2, -0.15) is 0 Å². The molecule has 10 heteroatoms. The maximum Gasteiger partial charge on any atom is 0.313 e. The summed E-state index contributed by atoms with van der Waals surface area (Å²) in [5.74, 6) is -3.38. The second-order valence-corrected chi connectivity index (χ2v) is 12.1. The SMILES string of the molecule is CCCC(C)N1CC=C[C@]23O[C@@H]4/C=C\CCC(=O)N[C@H](C)[C@@H](c5ccccc5)OC(=O)[C@@H]4[C@H]2C(=O)N(CCCO)[C@@H]3C1=O. The summed E-state index contributed by atoms with van der Waals surface area (Å²) in [6, 6.07) is 7.64. The van der Waals surface area contributed by atoms with Crippen LogP contribution in [0.15, 0.2) is 54.6 Å². The Morgan fingerprint density at radius 3 is 2.60 bits per heavy atom. The van der Waals surface area contributed by atoms with Gasteiger partial charge in [-0.05, 0) is 38.7 Å². The van der Waals surface area contributed by atoms with E-state index in [2.05, 4.69) is 12.2 Å². The van der Waals surface area contributed by atoms with Crippen LogP contribution >= 0.6 is 0 Å². The number of rotatable bonds is 7. The lowest BCUT2D eigenvalue weighted by Crippen LogP contribution is -2.56. The molecule has 0 bridgehead atoms. The van der Waals surface area contributed by atoms with Crippen LogP contribution in [-0.4, -0.2) is 88.1 Å². The number of allylic oxidation sites excluding steroid dienone is 1. The van der Waals surface area contributed by atoms with Gasteiger partial charge in [0.2, 0.25) is 17.7 Å². The van der Waals surface area contributed by atoms with E-state index in [1.807, 2.05) is 49.4 Å². The van der Waals surface area contributed by atoms with E-state index >= 15 is 0 Å². The Morgan fingerprint density at radius 1 is 1.12 bits per heavy atom. The van der Waals surface area contributed by atoms with Crippen LogP contribution in [0.25, 0.3) is 0 Å². The van der Waals surface area contributed by atoms with Crippen molar-refractivity contribution in [2.24, 2.45) is 11.8 Å². The Morgan fingerprint density at radius 2 is 1.88 bits per heavy atom. The van der Waals surface area contributed by atoms with Gasteiger partial charge in [0.25, 0.3) is 0 Å². The summed E-state index contributed by atoms with van der Waals surface area (Å²) in [5, 5.41) is 12.6. The Balaban J connectivity index is 1.58. The molecular weight excluding hydrogens is 550 g/mol. The van der Waals surface area contributed by atoms with Gasteiger partial charge in [-0.3, -0.25) is 19.2 Å². The average Bonchev–Trinajstić information content (AvgIpc) is 3.37. The number of fused-ring (bicyclic) bond motifs is 2. The molecule has 3 amide bonds. The highest BCUT2D eigenvalue weighted by Gasteiger charge is 2.71. The van der Waals surface area contributed by atoms with Crippen LogP contribution in [0.1, 0.15) is 64.5 Å². The molecule has 1 spiro atoms. The molecule has 2 saturated heterocycles. The number of carbonyl (C=O) groups excluding carboxylic acids is 4. The van der Waals surface area contributed by atoms with Crippen LogP contribution in [0.4, 0.5) is 0 Å². The number of amides is 3. The maximum atomic E-state index is 14.3. The number of ether oxygens (including phenoxy) is 2. The minimum absolute atomic E-state index is 0.0521. The zero-order chi connectivity index (χ0) is 30.7. The number of nitrogens with one attached hydrogen (secondary N) is 1. The highest BCUT2D eigenvalue weighted by atomic mass is 16.6. The molecule has 1 aromatic carbocycles. The Hall–Kier alpha value is -3.50. The summed E-state index contributed by atoms with van der Waals surface area (Å²) in [4.78, 5) is 58.8. The lowest BCUT2D eigenvalue weighted by molar-refractivity contribution is -0.161. The van der Waals surface area contributed by atoms with Gasteiger partial charge < -0.3 is 29.7 Å². The topological polar surface area (TPSA) is 125 Å². The minimum atomic E-state index is -1.38. The van der Waals surface area contributed by atoms with Gasteiger partial charge in [0.05, 0.1) is 18.1 Å². The molecule has 2 N–H and O–H groups in total. The van der Waals surface area contributed by atoms with E-state index in [0.29, 0.717) is 18.5 Å². The van der Waals surface area contributed by atoms with Crippen molar-refractivity contribution < 1.29 is 33.8 Å². The van der Waals surface area contributed by atoms with Gasteiger partial charge in [0, 0.05) is 32.2 Å². The maximum absolute atomic E-state index is 14.3. The Bertz CT molecular complexity index is 1270. The van der Waals surface area contributed by atoms with Crippen molar-refractivity contribution in [2.75, 3.05) is 19.7 Å². The standard InChI is InChI=1S/C33H43N3O7/c1-4-12-21(2)35-18-10-17-33-27(30(39)36(19-11-20-37)29(33)31(35)40)26-24(43-33)15-8-9-16-25(38)34-22(3)28(42-32(26)41)23-13-6-5-7-14-23/h5-8,10,13-15,17,21-22,24,26-29,37H,4,9,11-12,16,18-20H2,1-3H3,(H,34,38)/b15-8-/t21?,22-,24-,26+,27+,28+,29-,33+/m1/s1. The summed E-state index contributed by atoms with van der Waals surface area (Å²) in [6.07, 6.45) is 8.23. The van der Waals surface area contributed by atoms with Crippen molar-refractivity contribution >= 4 is 23.7 Å². The van der Waals surface area contributed by atoms with E-state index in [-0.39, 0.29) is 49.8 Å². The summed E-state index contributed by atoms with van der Waals surface area (Å²) in [5.41, 5.74) is -0.669. The first-order chi connectivity index (χ1) is 20.7. The third-order valence-corrected chi connectivity index (χ3v) is 9.17. The third-order valence-electron chi connectivity index (χ3n) is 9.17. The molecule has 4 aliphatic heterocycles. The predicted molar refractivity (Wildman–Crippen MR) is 158 cm³/mol. The number of likely N-dealkylation sites (tertiary alicyclic amines) is 1. The van der Waals surface area contributed by atoms with Gasteiger partial charge >= 0.3 is 5.97 Å². The molecule has 8 atom stereocenters. The molecule has 1 aromatic rings. The van der Waals surface area contributed by atoms with E-state index in [1.165, 1.54) is 4.90 Å². The van der Waals surface area contributed by atoms with Crippen LogP contribution in [0.3, 0.4) is 0 Å². The molecule has 2 fully saturated rings. The van der Waals surface area contributed by atoms with Gasteiger partial charge in [-0.25, -0.2) is 0 Å². The van der Waals surface area contributed by atoms with Crippen LogP contribution in [-0.2, 0) is 28.7 Å². The molecule has 0 aromatic heterocycles. The van der Waals surface area contributed by atoms with Crippen molar-refractivity contribution in [3.8, 4) is 0 Å². The van der Waals surface area contributed by atoms with E-state index < -0.39 is 47.7 Å². The normalized spacial score (nSPS) is 34.2. The fourth-order valence-corrected chi connectivity index (χ4v) is 7.17. The quantitative estimate of drug-likeness (QED) is 0.368. The number of aliphatic hydroxyl groups is 1. The molecule has 1 unspecified atom stereocenters. The van der Waals surface area contributed by atoms with Crippen LogP contribution in [0.2, 0.25) is 0 Å². The van der Waals surface area contributed by atoms with Gasteiger partial charge in [-0.1, -0.05) is 68.0 Å². The summed E-state index contributed by atoms with van der Waals surface area (Å²) in [7, 11) is 0. The number of cyclic esters (lactones) is 1. The number of nitrogens with zero attached hydrogens (tertiary/aromatic N) is 2. The van der Waals surface area contributed by atoms with Crippen molar-refractivity contribution in [1.29, 1.82) is 0 Å². The van der Waals surface area contributed by atoms with Crippen LogP contribution < -0.4 is 5.32 Å². The lowest BCUT2D eigenvalue weighted by atomic mass is 9.77.